The summed E-state index contributed by atoms with van der Waals surface area (Å²) in [5.74, 6) is 0.303. The van der Waals surface area contributed by atoms with Crippen LogP contribution in [-0.4, -0.2) is 31.8 Å². The van der Waals surface area contributed by atoms with Crippen molar-refractivity contribution in [2.45, 2.75) is 13.8 Å². The standard InChI is InChI=1S/C14H19N3O3/c1-10(2)9-20-14(19)16-11-3-5-12(6-4-11)17-8-7-15-13(17)18/h3-6,10H,7-9H2,1-2H3,(H,15,18)(H,16,19). The van der Waals surface area contributed by atoms with E-state index in [1.54, 1.807) is 29.2 Å². The van der Waals surface area contributed by atoms with Crippen molar-refractivity contribution in [3.8, 4) is 0 Å². The zero-order valence-electron chi connectivity index (χ0n) is 11.7. The molecule has 3 amide bonds. The number of amides is 3. The van der Waals surface area contributed by atoms with E-state index in [4.69, 9.17) is 4.74 Å². The minimum absolute atomic E-state index is 0.0953. The van der Waals surface area contributed by atoms with Crippen LogP contribution in [0.15, 0.2) is 24.3 Å². The van der Waals surface area contributed by atoms with E-state index in [0.29, 0.717) is 31.3 Å². The summed E-state index contributed by atoms with van der Waals surface area (Å²) >= 11 is 0. The summed E-state index contributed by atoms with van der Waals surface area (Å²) < 4.78 is 5.03. The van der Waals surface area contributed by atoms with Crippen molar-refractivity contribution in [1.82, 2.24) is 5.32 Å². The molecule has 2 N–H and O–H groups in total. The Hall–Kier alpha value is -2.24. The van der Waals surface area contributed by atoms with Gasteiger partial charge in [0.05, 0.1) is 6.61 Å². The SMILES string of the molecule is CC(C)COC(=O)Nc1ccc(N2CCNC2=O)cc1. The summed E-state index contributed by atoms with van der Waals surface area (Å²) in [5, 5.41) is 5.39. The number of urea groups is 1. The third-order valence-electron chi connectivity index (χ3n) is 2.83. The molecule has 1 aromatic rings. The number of nitrogens with zero attached hydrogens (tertiary/aromatic N) is 1. The van der Waals surface area contributed by atoms with Gasteiger partial charge >= 0.3 is 12.1 Å². The first-order valence-electron chi connectivity index (χ1n) is 6.65. The van der Waals surface area contributed by atoms with Crippen LogP contribution in [-0.2, 0) is 4.74 Å². The number of carbonyl (C=O) groups excluding carboxylic acids is 2. The summed E-state index contributed by atoms with van der Waals surface area (Å²) in [4.78, 5) is 24.7. The molecule has 0 aliphatic carbocycles. The maximum Gasteiger partial charge on any atom is 0.411 e. The van der Waals surface area contributed by atoms with E-state index in [-0.39, 0.29) is 6.03 Å². The molecular weight excluding hydrogens is 258 g/mol. The smallest absolute Gasteiger partial charge is 0.411 e. The second-order valence-corrected chi connectivity index (χ2v) is 5.05. The van der Waals surface area contributed by atoms with Crippen LogP contribution >= 0.6 is 0 Å². The molecule has 20 heavy (non-hydrogen) atoms. The molecule has 0 saturated carbocycles. The van der Waals surface area contributed by atoms with Crippen LogP contribution in [0.25, 0.3) is 0 Å². The van der Waals surface area contributed by atoms with E-state index in [1.807, 2.05) is 13.8 Å². The second kappa shape index (κ2) is 6.27. The van der Waals surface area contributed by atoms with Crippen molar-refractivity contribution < 1.29 is 14.3 Å². The highest BCUT2D eigenvalue weighted by Gasteiger charge is 2.20. The predicted molar refractivity (Wildman–Crippen MR) is 77.0 cm³/mol. The lowest BCUT2D eigenvalue weighted by molar-refractivity contribution is 0.147. The van der Waals surface area contributed by atoms with Crippen LogP contribution in [0.5, 0.6) is 0 Å². The molecule has 6 nitrogen and oxygen atoms in total. The summed E-state index contributed by atoms with van der Waals surface area (Å²) in [5.41, 5.74) is 1.45. The monoisotopic (exact) mass is 277 g/mol. The lowest BCUT2D eigenvalue weighted by Crippen LogP contribution is -2.27. The van der Waals surface area contributed by atoms with Gasteiger partial charge in [-0.1, -0.05) is 13.8 Å². The van der Waals surface area contributed by atoms with E-state index in [0.717, 1.165) is 5.69 Å². The van der Waals surface area contributed by atoms with Crippen molar-refractivity contribution in [3.05, 3.63) is 24.3 Å². The number of ether oxygens (including phenoxy) is 1. The number of carbonyl (C=O) groups is 2. The maximum atomic E-state index is 11.5. The fourth-order valence-electron chi connectivity index (χ4n) is 1.84. The highest BCUT2D eigenvalue weighted by Crippen LogP contribution is 2.19. The molecule has 0 bridgehead atoms. The van der Waals surface area contributed by atoms with Crippen molar-refractivity contribution in [1.29, 1.82) is 0 Å². The third-order valence-corrected chi connectivity index (χ3v) is 2.83. The van der Waals surface area contributed by atoms with Gasteiger partial charge in [-0.2, -0.15) is 0 Å². The summed E-state index contributed by atoms with van der Waals surface area (Å²) in [6.07, 6.45) is -0.467. The van der Waals surface area contributed by atoms with Gasteiger partial charge in [0.15, 0.2) is 0 Å². The molecule has 2 rings (SSSR count). The summed E-state index contributed by atoms with van der Waals surface area (Å²) in [6, 6.07) is 6.99. The second-order valence-electron chi connectivity index (χ2n) is 5.05. The molecule has 0 aromatic heterocycles. The largest absolute Gasteiger partial charge is 0.449 e. The van der Waals surface area contributed by atoms with Crippen LogP contribution in [0.2, 0.25) is 0 Å². The van der Waals surface area contributed by atoms with Gasteiger partial charge < -0.3 is 10.1 Å². The Balaban J connectivity index is 1.91. The lowest BCUT2D eigenvalue weighted by Gasteiger charge is -2.14. The van der Waals surface area contributed by atoms with Gasteiger partial charge in [0, 0.05) is 24.5 Å². The van der Waals surface area contributed by atoms with Crippen molar-refractivity contribution in [3.63, 3.8) is 0 Å². The molecule has 1 saturated heterocycles. The van der Waals surface area contributed by atoms with Gasteiger partial charge in [-0.25, -0.2) is 9.59 Å². The molecule has 0 unspecified atom stereocenters. The van der Waals surface area contributed by atoms with Crippen molar-refractivity contribution in [2.24, 2.45) is 5.92 Å². The first kappa shape index (κ1) is 14.2. The van der Waals surface area contributed by atoms with Crippen LogP contribution in [0, 0.1) is 5.92 Å². The van der Waals surface area contributed by atoms with Gasteiger partial charge in [0.2, 0.25) is 0 Å². The molecule has 1 fully saturated rings. The Kier molecular flexibility index (Phi) is 4.45. The first-order valence-corrected chi connectivity index (χ1v) is 6.65. The van der Waals surface area contributed by atoms with Crippen LogP contribution in [0.1, 0.15) is 13.8 Å². The van der Waals surface area contributed by atoms with E-state index in [2.05, 4.69) is 10.6 Å². The summed E-state index contributed by atoms with van der Waals surface area (Å²) in [7, 11) is 0. The van der Waals surface area contributed by atoms with Gasteiger partial charge in [-0.3, -0.25) is 10.2 Å². The molecular formula is C14H19N3O3. The molecule has 0 spiro atoms. The number of rotatable bonds is 4. The highest BCUT2D eigenvalue weighted by atomic mass is 16.5. The lowest BCUT2D eigenvalue weighted by atomic mass is 10.2. The van der Waals surface area contributed by atoms with Gasteiger partial charge in [-0.15, -0.1) is 0 Å². The minimum atomic E-state index is -0.467. The highest BCUT2D eigenvalue weighted by molar-refractivity contribution is 5.94. The fourth-order valence-corrected chi connectivity index (χ4v) is 1.84. The van der Waals surface area contributed by atoms with Crippen molar-refractivity contribution in [2.75, 3.05) is 29.9 Å². The molecule has 1 aliphatic rings. The van der Waals surface area contributed by atoms with Crippen LogP contribution in [0.3, 0.4) is 0 Å². The van der Waals surface area contributed by atoms with Gasteiger partial charge in [-0.05, 0) is 30.2 Å². The van der Waals surface area contributed by atoms with E-state index < -0.39 is 6.09 Å². The zero-order chi connectivity index (χ0) is 14.5. The Labute approximate surface area is 118 Å². The molecule has 1 heterocycles. The Morgan fingerprint density at radius 1 is 1.40 bits per heavy atom. The molecule has 0 atom stereocenters. The number of nitrogens with one attached hydrogen (secondary N) is 2. The maximum absolute atomic E-state index is 11.5. The molecule has 0 radical (unpaired) electrons. The Morgan fingerprint density at radius 3 is 2.65 bits per heavy atom. The van der Waals surface area contributed by atoms with Crippen LogP contribution in [0.4, 0.5) is 21.0 Å². The Bertz CT molecular complexity index is 485. The Morgan fingerprint density at radius 2 is 2.10 bits per heavy atom. The number of anilines is 2. The quantitative estimate of drug-likeness (QED) is 0.888. The molecule has 6 heteroatoms. The van der Waals surface area contributed by atoms with E-state index >= 15 is 0 Å². The summed E-state index contributed by atoms with van der Waals surface area (Å²) in [6.45, 7) is 5.65. The van der Waals surface area contributed by atoms with E-state index in [9.17, 15) is 9.59 Å². The number of hydrogen-bond acceptors (Lipinski definition) is 3. The third kappa shape index (κ3) is 3.63. The topological polar surface area (TPSA) is 70.7 Å². The zero-order valence-corrected chi connectivity index (χ0v) is 11.7. The fraction of sp³-hybridized carbons (Fsp3) is 0.429. The minimum Gasteiger partial charge on any atom is -0.449 e. The van der Waals surface area contributed by atoms with Gasteiger partial charge in [0.25, 0.3) is 0 Å². The predicted octanol–water partition coefficient (Wildman–Crippen LogP) is 2.42. The molecule has 108 valence electrons. The van der Waals surface area contributed by atoms with Crippen LogP contribution < -0.4 is 15.5 Å². The van der Waals surface area contributed by atoms with Crippen molar-refractivity contribution >= 4 is 23.5 Å². The van der Waals surface area contributed by atoms with E-state index in [1.165, 1.54) is 0 Å². The number of benzene rings is 1. The average molecular weight is 277 g/mol. The van der Waals surface area contributed by atoms with Gasteiger partial charge in [0.1, 0.15) is 0 Å². The first-order chi connectivity index (χ1) is 9.56. The average Bonchev–Trinajstić information content (AvgIpc) is 2.84. The molecule has 1 aliphatic heterocycles. The number of hydrogen-bond donors (Lipinski definition) is 2. The normalized spacial score (nSPS) is 14.3. The molecule has 1 aromatic carbocycles.